The summed E-state index contributed by atoms with van der Waals surface area (Å²) in [5.41, 5.74) is 4.73. The number of hydrogen-bond donors (Lipinski definition) is 2. The zero-order chi connectivity index (χ0) is 23.5. The number of nitrogens with zero attached hydrogens (tertiary/aromatic N) is 1. The summed E-state index contributed by atoms with van der Waals surface area (Å²) < 4.78 is 16.7. The molecule has 0 spiro atoms. The molecule has 1 saturated heterocycles. The number of aromatic hydroxyl groups is 1. The van der Waals surface area contributed by atoms with Crippen molar-refractivity contribution in [2.75, 3.05) is 20.2 Å². The first kappa shape index (κ1) is 22.6. The maximum absolute atomic E-state index is 13.3. The molecular formula is C24H26N2O7. The van der Waals surface area contributed by atoms with Gasteiger partial charge in [0.15, 0.2) is 11.2 Å². The fourth-order valence-corrected chi connectivity index (χ4v) is 4.24. The average Bonchev–Trinajstić information content (AvgIpc) is 2.81. The van der Waals surface area contributed by atoms with Crippen molar-refractivity contribution in [1.29, 1.82) is 0 Å². The lowest BCUT2D eigenvalue weighted by molar-refractivity contribution is -0.118. The van der Waals surface area contributed by atoms with E-state index < -0.39 is 28.4 Å². The van der Waals surface area contributed by atoms with E-state index in [0.717, 1.165) is 32.4 Å². The quantitative estimate of drug-likeness (QED) is 0.556. The highest BCUT2D eigenvalue weighted by Crippen LogP contribution is 2.33. The van der Waals surface area contributed by atoms with Crippen molar-refractivity contribution in [1.82, 2.24) is 4.90 Å². The lowest BCUT2D eigenvalue weighted by Crippen LogP contribution is -2.29. The molecule has 0 radical (unpaired) electrons. The van der Waals surface area contributed by atoms with Crippen LogP contribution in [-0.4, -0.2) is 36.1 Å². The Kier molecular flexibility index (Phi) is 6.50. The average molecular weight is 454 g/mol. The predicted octanol–water partition coefficient (Wildman–Crippen LogP) is 2.45. The van der Waals surface area contributed by atoms with Crippen molar-refractivity contribution in [2.45, 2.75) is 38.1 Å². The monoisotopic (exact) mass is 454 g/mol. The first-order chi connectivity index (χ1) is 15.9. The summed E-state index contributed by atoms with van der Waals surface area (Å²) in [6.45, 7) is 2.14. The van der Waals surface area contributed by atoms with Crippen LogP contribution in [0.4, 0.5) is 0 Å². The number of nitrogens with two attached hydrogens (primary N) is 1. The summed E-state index contributed by atoms with van der Waals surface area (Å²) in [7, 11) is 1.48. The van der Waals surface area contributed by atoms with Gasteiger partial charge in [0, 0.05) is 18.1 Å². The van der Waals surface area contributed by atoms with Crippen LogP contribution >= 0.6 is 0 Å². The summed E-state index contributed by atoms with van der Waals surface area (Å²) in [5, 5.41) is 10.8. The number of fused-ring (bicyclic) bond motifs is 1. The summed E-state index contributed by atoms with van der Waals surface area (Å²) >= 11 is 0. The van der Waals surface area contributed by atoms with E-state index in [4.69, 9.17) is 19.3 Å². The highest BCUT2D eigenvalue weighted by Gasteiger charge is 2.29. The molecule has 1 fully saturated rings. The van der Waals surface area contributed by atoms with Gasteiger partial charge < -0.3 is 24.4 Å². The van der Waals surface area contributed by atoms with Crippen LogP contribution in [0.2, 0.25) is 0 Å². The summed E-state index contributed by atoms with van der Waals surface area (Å²) in [6, 6.07) is 6.01. The van der Waals surface area contributed by atoms with Gasteiger partial charge in [-0.05, 0) is 44.1 Å². The van der Waals surface area contributed by atoms with E-state index in [1.165, 1.54) is 25.5 Å². The van der Waals surface area contributed by atoms with Gasteiger partial charge in [-0.25, -0.2) is 0 Å². The standard InChI is InChI=1S/C24H26N2O7/c1-31-14-5-6-20-17(9-14)22(29)18(13-32-20)16(11-21(25)28)24-23(30)19(27)10-15(33-24)12-26-7-3-2-4-8-26/h5-6,9-10,13,16,30H,2-4,7-8,11-12H2,1H3,(H2,25,28). The predicted molar refractivity (Wildman–Crippen MR) is 120 cm³/mol. The van der Waals surface area contributed by atoms with Crippen molar-refractivity contribution in [3.05, 3.63) is 68.1 Å². The minimum absolute atomic E-state index is 0.0446. The Labute approximate surface area is 189 Å². The molecule has 1 aliphatic rings. The second-order valence-electron chi connectivity index (χ2n) is 8.23. The van der Waals surface area contributed by atoms with Crippen LogP contribution in [0.3, 0.4) is 0 Å². The van der Waals surface area contributed by atoms with Gasteiger partial charge in [-0.1, -0.05) is 6.42 Å². The fourth-order valence-electron chi connectivity index (χ4n) is 4.24. The van der Waals surface area contributed by atoms with Crippen molar-refractivity contribution in [3.63, 3.8) is 0 Å². The lowest BCUT2D eigenvalue weighted by atomic mass is 9.92. The van der Waals surface area contributed by atoms with Crippen LogP contribution in [0, 0.1) is 0 Å². The number of rotatable bonds is 7. The summed E-state index contributed by atoms with van der Waals surface area (Å²) in [6.07, 6.45) is 4.12. The molecule has 3 aromatic rings. The third-order valence-electron chi connectivity index (χ3n) is 5.93. The summed E-state index contributed by atoms with van der Waals surface area (Å²) in [5.74, 6) is -1.86. The van der Waals surface area contributed by atoms with Crippen LogP contribution in [0.1, 0.15) is 48.7 Å². The SMILES string of the molecule is COc1ccc2occ(C(CC(N)=O)c3oc(CN4CCCCC4)cc(=O)c3O)c(=O)c2c1. The van der Waals surface area contributed by atoms with Crippen LogP contribution in [0.5, 0.6) is 11.5 Å². The third-order valence-corrected chi connectivity index (χ3v) is 5.93. The van der Waals surface area contributed by atoms with Crippen molar-refractivity contribution in [3.8, 4) is 11.5 Å². The molecule has 9 heteroatoms. The fraction of sp³-hybridized carbons (Fsp3) is 0.375. The zero-order valence-electron chi connectivity index (χ0n) is 18.3. The molecule has 0 aliphatic carbocycles. The topological polar surface area (TPSA) is 136 Å². The molecule has 174 valence electrons. The van der Waals surface area contributed by atoms with E-state index in [2.05, 4.69) is 4.90 Å². The number of carbonyl (C=O) groups excluding carboxylic acids is 1. The Balaban J connectivity index is 1.82. The minimum Gasteiger partial charge on any atom is -0.502 e. The molecule has 33 heavy (non-hydrogen) atoms. The molecule has 2 aromatic heterocycles. The van der Waals surface area contributed by atoms with Gasteiger partial charge >= 0.3 is 0 Å². The number of methoxy groups -OCH3 is 1. The Hall–Kier alpha value is -3.59. The first-order valence-electron chi connectivity index (χ1n) is 10.8. The second kappa shape index (κ2) is 9.50. The molecule has 1 aromatic carbocycles. The molecule has 9 nitrogen and oxygen atoms in total. The largest absolute Gasteiger partial charge is 0.502 e. The normalized spacial score (nSPS) is 15.4. The molecular weight excluding hydrogens is 428 g/mol. The maximum atomic E-state index is 13.3. The number of piperidine rings is 1. The van der Waals surface area contributed by atoms with Crippen LogP contribution in [0.15, 0.2) is 49.0 Å². The van der Waals surface area contributed by atoms with E-state index in [-0.39, 0.29) is 23.1 Å². The smallest absolute Gasteiger partial charge is 0.227 e. The first-order valence-corrected chi connectivity index (χ1v) is 10.8. The minimum atomic E-state index is -1.09. The van der Waals surface area contributed by atoms with Crippen molar-refractivity contribution < 1.29 is 23.5 Å². The number of ether oxygens (including phenoxy) is 1. The Bertz CT molecular complexity index is 1290. The van der Waals surface area contributed by atoms with Crippen molar-refractivity contribution in [2.24, 2.45) is 5.73 Å². The van der Waals surface area contributed by atoms with E-state index in [1.54, 1.807) is 12.1 Å². The van der Waals surface area contributed by atoms with Gasteiger partial charge in [0.25, 0.3) is 0 Å². The van der Waals surface area contributed by atoms with E-state index in [9.17, 15) is 19.5 Å². The molecule has 3 heterocycles. The number of carbonyl (C=O) groups is 1. The Morgan fingerprint density at radius 1 is 1.21 bits per heavy atom. The number of primary amides is 1. The van der Waals surface area contributed by atoms with Crippen LogP contribution < -0.4 is 21.3 Å². The van der Waals surface area contributed by atoms with Crippen LogP contribution in [0.25, 0.3) is 11.0 Å². The van der Waals surface area contributed by atoms with Gasteiger partial charge in [-0.3, -0.25) is 19.3 Å². The summed E-state index contributed by atoms with van der Waals surface area (Å²) in [4.78, 5) is 39.9. The van der Waals surface area contributed by atoms with E-state index in [1.807, 2.05) is 0 Å². The second-order valence-corrected chi connectivity index (χ2v) is 8.23. The molecule has 0 bridgehead atoms. The highest BCUT2D eigenvalue weighted by atomic mass is 16.5. The maximum Gasteiger partial charge on any atom is 0.227 e. The molecule has 4 rings (SSSR count). The Morgan fingerprint density at radius 2 is 1.97 bits per heavy atom. The molecule has 1 amide bonds. The Morgan fingerprint density at radius 3 is 2.67 bits per heavy atom. The molecule has 0 saturated carbocycles. The number of benzene rings is 1. The number of likely N-dealkylation sites (tertiary alicyclic amines) is 1. The molecule has 1 unspecified atom stereocenters. The third kappa shape index (κ3) is 4.78. The van der Waals surface area contributed by atoms with Crippen molar-refractivity contribution >= 4 is 16.9 Å². The van der Waals surface area contributed by atoms with Gasteiger partial charge in [0.1, 0.15) is 17.1 Å². The number of hydrogen-bond acceptors (Lipinski definition) is 8. The van der Waals surface area contributed by atoms with Crippen LogP contribution in [-0.2, 0) is 11.3 Å². The zero-order valence-corrected chi connectivity index (χ0v) is 18.3. The molecule has 1 aliphatic heterocycles. The van der Waals surface area contributed by atoms with Gasteiger partial charge in [0.05, 0.1) is 31.2 Å². The lowest BCUT2D eigenvalue weighted by Gasteiger charge is -2.26. The molecule has 1 atom stereocenters. The van der Waals surface area contributed by atoms with E-state index in [0.29, 0.717) is 23.6 Å². The van der Waals surface area contributed by atoms with Gasteiger partial charge in [-0.15, -0.1) is 0 Å². The van der Waals surface area contributed by atoms with E-state index >= 15 is 0 Å². The van der Waals surface area contributed by atoms with Gasteiger partial charge in [-0.2, -0.15) is 0 Å². The number of amides is 1. The molecule has 3 N–H and O–H groups in total. The van der Waals surface area contributed by atoms with Gasteiger partial charge in [0.2, 0.25) is 17.1 Å². The highest BCUT2D eigenvalue weighted by molar-refractivity contribution is 5.80.